The van der Waals surface area contributed by atoms with E-state index in [0.29, 0.717) is 0 Å². The summed E-state index contributed by atoms with van der Waals surface area (Å²) in [6.45, 7) is 8.10. The number of benzene rings is 1. The van der Waals surface area contributed by atoms with E-state index in [1.54, 1.807) is 26.0 Å². The predicted molar refractivity (Wildman–Crippen MR) is 119 cm³/mol. The van der Waals surface area contributed by atoms with Crippen LogP contribution in [-0.2, 0) is 11.0 Å². The van der Waals surface area contributed by atoms with Crippen molar-refractivity contribution < 1.29 is 4.74 Å². The van der Waals surface area contributed by atoms with Crippen molar-refractivity contribution in [2.24, 2.45) is 0 Å². The van der Waals surface area contributed by atoms with E-state index in [-0.39, 0.29) is 0 Å². The van der Waals surface area contributed by atoms with E-state index < -0.39 is 18.4 Å². The van der Waals surface area contributed by atoms with Crippen LogP contribution in [0.5, 0.6) is 5.75 Å². The second kappa shape index (κ2) is 13.0. The molecule has 0 amide bonds. The Morgan fingerprint density at radius 2 is 1.38 bits per heavy atom. The molecule has 0 fully saturated rings. The number of nitrogens with zero attached hydrogens (tertiary/aromatic N) is 1. The number of ether oxygens (including phenoxy) is 1. The topological polar surface area (TPSA) is 12.5 Å². The van der Waals surface area contributed by atoms with Crippen LogP contribution in [0.4, 0.5) is 0 Å². The van der Waals surface area contributed by atoms with Gasteiger partial charge >= 0.3 is 168 Å². The molecule has 0 spiro atoms. The third-order valence-corrected chi connectivity index (χ3v) is 21.0. The van der Waals surface area contributed by atoms with Crippen LogP contribution in [0, 0.1) is 0 Å². The van der Waals surface area contributed by atoms with Gasteiger partial charge < -0.3 is 0 Å². The maximum atomic E-state index is 5.51. The van der Waals surface area contributed by atoms with Gasteiger partial charge in [-0.15, -0.1) is 0 Å². The van der Waals surface area contributed by atoms with E-state index in [2.05, 4.69) is 58.0 Å². The van der Waals surface area contributed by atoms with Crippen molar-refractivity contribution in [1.29, 1.82) is 0 Å². The van der Waals surface area contributed by atoms with Gasteiger partial charge in [-0.05, 0) is 0 Å². The summed E-state index contributed by atoms with van der Waals surface area (Å²) >= 11 is -2.16. The molecule has 0 heterocycles. The third-order valence-electron chi connectivity index (χ3n) is 5.65. The van der Waals surface area contributed by atoms with Crippen LogP contribution >= 0.6 is 0 Å². The summed E-state index contributed by atoms with van der Waals surface area (Å²) in [5, 5.41) is 0. The fraction of sp³-hybridized carbons (Fsp3) is 0.739. The molecule has 1 aromatic rings. The van der Waals surface area contributed by atoms with Gasteiger partial charge in [0.2, 0.25) is 0 Å². The number of hydrogen-bond acceptors (Lipinski definition) is 2. The molecule has 0 aliphatic rings. The molecule has 0 aliphatic heterocycles. The summed E-state index contributed by atoms with van der Waals surface area (Å²) in [7, 11) is 6.12. The fourth-order valence-corrected chi connectivity index (χ4v) is 20.5. The van der Waals surface area contributed by atoms with Crippen molar-refractivity contribution >= 4 is 18.4 Å². The molecule has 0 saturated heterocycles. The second-order valence-corrected chi connectivity index (χ2v) is 22.2. The van der Waals surface area contributed by atoms with Gasteiger partial charge in [0, 0.05) is 0 Å². The number of unbranched alkanes of at least 4 members (excludes halogenated alkanes) is 3. The molecule has 0 radical (unpaired) electrons. The molecule has 0 atom stereocenters. The normalized spacial score (nSPS) is 12.0. The van der Waals surface area contributed by atoms with Crippen LogP contribution in [-0.4, -0.2) is 44.5 Å². The van der Waals surface area contributed by atoms with Gasteiger partial charge in [-0.2, -0.15) is 0 Å². The van der Waals surface area contributed by atoms with E-state index >= 15 is 0 Å². The van der Waals surface area contributed by atoms with Crippen molar-refractivity contribution in [3.05, 3.63) is 29.3 Å². The molecule has 1 rings (SSSR count). The molecule has 3 heteroatoms. The van der Waals surface area contributed by atoms with Crippen LogP contribution in [0.25, 0.3) is 0 Å². The summed E-state index contributed by atoms with van der Waals surface area (Å²) in [6, 6.07) is 6.85. The fourth-order valence-electron chi connectivity index (χ4n) is 4.09. The Balaban J connectivity index is 3.16. The molecular formula is C23H43NOSn. The van der Waals surface area contributed by atoms with Crippen LogP contribution in [0.2, 0.25) is 13.3 Å². The van der Waals surface area contributed by atoms with Crippen LogP contribution in [0.15, 0.2) is 18.2 Å². The predicted octanol–water partition coefficient (Wildman–Crippen LogP) is 6.69. The molecule has 0 aliphatic carbocycles. The molecule has 2 nitrogen and oxygen atoms in total. The Hall–Kier alpha value is -0.221. The van der Waals surface area contributed by atoms with E-state index in [1.807, 2.05) is 0 Å². The van der Waals surface area contributed by atoms with Crippen LogP contribution < -0.4 is 4.74 Å². The molecular weight excluding hydrogens is 425 g/mol. The van der Waals surface area contributed by atoms with E-state index in [0.717, 1.165) is 12.3 Å². The zero-order chi connectivity index (χ0) is 19.4. The van der Waals surface area contributed by atoms with E-state index in [9.17, 15) is 0 Å². The minimum absolute atomic E-state index is 1.00. The number of rotatable bonds is 14. The summed E-state index contributed by atoms with van der Waals surface area (Å²) < 4.78 is 11.7. The Bertz CT molecular complexity index is 479. The summed E-state index contributed by atoms with van der Waals surface area (Å²) in [5.74, 6) is 1.00. The number of methoxy groups -OCH3 is 1. The quantitative estimate of drug-likeness (QED) is 0.282. The Kier molecular flexibility index (Phi) is 11.9. The summed E-state index contributed by atoms with van der Waals surface area (Å²) in [6.07, 6.45) is 8.40. The Morgan fingerprint density at radius 1 is 0.846 bits per heavy atom. The zero-order valence-electron chi connectivity index (χ0n) is 18.4. The van der Waals surface area contributed by atoms with Crippen LogP contribution in [0.1, 0.15) is 70.4 Å². The van der Waals surface area contributed by atoms with Crippen molar-refractivity contribution in [2.45, 2.75) is 83.6 Å². The molecule has 1 aromatic carbocycles. The molecule has 0 saturated carbocycles. The van der Waals surface area contributed by atoms with Gasteiger partial charge in [-0.3, -0.25) is 0 Å². The van der Waals surface area contributed by atoms with Gasteiger partial charge in [0.05, 0.1) is 0 Å². The van der Waals surface area contributed by atoms with Crippen molar-refractivity contribution in [3.8, 4) is 5.75 Å². The van der Waals surface area contributed by atoms with Gasteiger partial charge in [0.15, 0.2) is 0 Å². The van der Waals surface area contributed by atoms with Gasteiger partial charge in [0.25, 0.3) is 0 Å². The molecule has 26 heavy (non-hydrogen) atoms. The molecule has 0 N–H and O–H groups in total. The monoisotopic (exact) mass is 469 g/mol. The molecule has 0 bridgehead atoms. The summed E-state index contributed by atoms with van der Waals surface area (Å²) in [5.41, 5.74) is 3.11. The Morgan fingerprint density at radius 3 is 1.81 bits per heavy atom. The first-order chi connectivity index (χ1) is 12.5. The SMILES string of the molecule is CCC[CH2][Sn]([CH2]CCC)([CH2]CCC)[CH2]c1ccc(OC)cc1CN(C)C. The molecule has 150 valence electrons. The number of hydrogen-bond donors (Lipinski definition) is 0. The summed E-state index contributed by atoms with van der Waals surface area (Å²) in [4.78, 5) is 2.29. The maximum absolute atomic E-state index is 5.51. The minimum atomic E-state index is -2.16. The first-order valence-corrected chi connectivity index (χ1v) is 18.9. The first-order valence-electron chi connectivity index (χ1n) is 10.8. The van der Waals surface area contributed by atoms with Crippen molar-refractivity contribution in [1.82, 2.24) is 4.90 Å². The van der Waals surface area contributed by atoms with E-state index in [1.165, 1.54) is 48.5 Å². The average molecular weight is 468 g/mol. The van der Waals surface area contributed by atoms with Gasteiger partial charge in [-0.1, -0.05) is 0 Å². The van der Waals surface area contributed by atoms with Gasteiger partial charge in [0.1, 0.15) is 0 Å². The standard InChI is InChI=1S/C11H16NO.3C4H9.Sn/c1-9-5-6-11(13-4)7-10(9)8-12(2)3;3*1-3-4-2;/h5-7H,1,8H2,2-4H3;3*1,3-4H2,2H3;. The zero-order valence-corrected chi connectivity index (χ0v) is 21.2. The van der Waals surface area contributed by atoms with E-state index in [4.69, 9.17) is 4.74 Å². The first kappa shape index (κ1) is 23.8. The Labute approximate surface area is 167 Å². The molecule has 0 aromatic heterocycles. The molecule has 0 unspecified atom stereocenters. The average Bonchev–Trinajstić information content (AvgIpc) is 2.63. The van der Waals surface area contributed by atoms with Crippen molar-refractivity contribution in [2.75, 3.05) is 21.2 Å². The third kappa shape index (κ3) is 8.20. The van der Waals surface area contributed by atoms with Crippen molar-refractivity contribution in [3.63, 3.8) is 0 Å². The van der Waals surface area contributed by atoms with Crippen LogP contribution in [0.3, 0.4) is 0 Å². The van der Waals surface area contributed by atoms with Gasteiger partial charge in [-0.25, -0.2) is 0 Å². The second-order valence-electron chi connectivity index (χ2n) is 8.36.